The number of rotatable bonds is 3. The van der Waals surface area contributed by atoms with Crippen LogP contribution in [-0.4, -0.2) is 14.5 Å². The normalized spacial score (nSPS) is 25.8. The van der Waals surface area contributed by atoms with E-state index >= 15 is 0 Å². The summed E-state index contributed by atoms with van der Waals surface area (Å²) < 4.78 is 26.8. The summed E-state index contributed by atoms with van der Waals surface area (Å²) in [6.45, 7) is 2.10. The summed E-state index contributed by atoms with van der Waals surface area (Å²) in [4.78, 5) is 0.356. The molecule has 3 nitrogen and oxygen atoms in total. The Bertz CT molecular complexity index is 441. The number of hydrogen-bond acceptors (Lipinski definition) is 2. The molecule has 88 valence electrons. The average Bonchev–Trinajstić information content (AvgIpc) is 2.65. The number of benzene rings is 1. The van der Waals surface area contributed by atoms with Gasteiger partial charge in [-0.05, 0) is 30.9 Å². The van der Waals surface area contributed by atoms with Gasteiger partial charge in [0.25, 0.3) is 0 Å². The van der Waals surface area contributed by atoms with Crippen molar-refractivity contribution in [3.05, 3.63) is 30.3 Å². The number of nitrogens with one attached hydrogen (secondary N) is 1. The first-order valence-electron chi connectivity index (χ1n) is 5.67. The first-order chi connectivity index (χ1) is 7.59. The summed E-state index contributed by atoms with van der Waals surface area (Å²) in [6.07, 6.45) is 3.18. The topological polar surface area (TPSA) is 46.2 Å². The summed E-state index contributed by atoms with van der Waals surface area (Å²) in [5.74, 6) is 0.443. The highest BCUT2D eigenvalue weighted by Crippen LogP contribution is 2.26. The molecule has 0 aliphatic heterocycles. The lowest BCUT2D eigenvalue weighted by molar-refractivity contribution is 0.476. The highest BCUT2D eigenvalue weighted by Gasteiger charge is 2.27. The third-order valence-electron chi connectivity index (χ3n) is 3.22. The van der Waals surface area contributed by atoms with Crippen LogP contribution in [-0.2, 0) is 10.0 Å². The molecule has 0 saturated heterocycles. The van der Waals surface area contributed by atoms with Crippen molar-refractivity contribution in [1.29, 1.82) is 0 Å². The Kier molecular flexibility index (Phi) is 3.30. The summed E-state index contributed by atoms with van der Waals surface area (Å²) in [6, 6.07) is 8.66. The van der Waals surface area contributed by atoms with Gasteiger partial charge in [0.05, 0.1) is 4.90 Å². The third kappa shape index (κ3) is 2.44. The lowest BCUT2D eigenvalue weighted by Crippen LogP contribution is -2.36. The Balaban J connectivity index is 2.15. The van der Waals surface area contributed by atoms with Gasteiger partial charge in [-0.2, -0.15) is 0 Å². The Labute approximate surface area is 96.9 Å². The molecule has 1 N–H and O–H groups in total. The third-order valence-corrected chi connectivity index (χ3v) is 4.73. The van der Waals surface area contributed by atoms with E-state index in [0.717, 1.165) is 19.3 Å². The van der Waals surface area contributed by atoms with Gasteiger partial charge in [0, 0.05) is 6.04 Å². The standard InChI is InChI=1S/C12H17NO2S/c1-10-6-5-9-12(10)13-16(14,15)11-7-3-2-4-8-11/h2-4,7-8,10,12-13H,5-6,9H2,1H3. The largest absolute Gasteiger partial charge is 0.240 e. The SMILES string of the molecule is CC1CCCC1NS(=O)(=O)c1ccccc1. The molecule has 0 bridgehead atoms. The lowest BCUT2D eigenvalue weighted by Gasteiger charge is -2.17. The summed E-state index contributed by atoms with van der Waals surface area (Å²) >= 11 is 0. The maximum atomic E-state index is 12.0. The average molecular weight is 239 g/mol. The van der Waals surface area contributed by atoms with Crippen LogP contribution in [0.4, 0.5) is 0 Å². The van der Waals surface area contributed by atoms with Crippen LogP contribution in [0.3, 0.4) is 0 Å². The molecule has 4 heteroatoms. The van der Waals surface area contributed by atoms with E-state index in [1.54, 1.807) is 24.3 Å². The second-order valence-corrected chi connectivity index (χ2v) is 6.16. The van der Waals surface area contributed by atoms with Gasteiger partial charge in [-0.15, -0.1) is 0 Å². The minimum absolute atomic E-state index is 0.102. The Morgan fingerprint density at radius 3 is 2.44 bits per heavy atom. The van der Waals surface area contributed by atoms with E-state index in [1.807, 2.05) is 6.07 Å². The van der Waals surface area contributed by atoms with Crippen LogP contribution < -0.4 is 4.72 Å². The molecular weight excluding hydrogens is 222 g/mol. The van der Waals surface area contributed by atoms with E-state index in [4.69, 9.17) is 0 Å². The van der Waals surface area contributed by atoms with E-state index in [-0.39, 0.29) is 6.04 Å². The van der Waals surface area contributed by atoms with Gasteiger partial charge in [0.2, 0.25) is 10.0 Å². The van der Waals surface area contributed by atoms with Crippen LogP contribution in [0.5, 0.6) is 0 Å². The second kappa shape index (κ2) is 4.55. The molecule has 2 atom stereocenters. The molecule has 0 amide bonds. The van der Waals surface area contributed by atoms with Gasteiger partial charge in [0.1, 0.15) is 0 Å². The highest BCUT2D eigenvalue weighted by atomic mass is 32.2. The Morgan fingerprint density at radius 1 is 1.19 bits per heavy atom. The molecule has 0 aromatic heterocycles. The van der Waals surface area contributed by atoms with E-state index in [9.17, 15) is 8.42 Å². The molecule has 1 aliphatic carbocycles. The van der Waals surface area contributed by atoms with Crippen molar-refractivity contribution >= 4 is 10.0 Å². The van der Waals surface area contributed by atoms with Gasteiger partial charge in [-0.1, -0.05) is 31.5 Å². The molecule has 1 saturated carbocycles. The van der Waals surface area contributed by atoms with E-state index in [2.05, 4.69) is 11.6 Å². The molecular formula is C12H17NO2S. The fourth-order valence-corrected chi connectivity index (χ4v) is 3.59. The highest BCUT2D eigenvalue weighted by molar-refractivity contribution is 7.89. The van der Waals surface area contributed by atoms with Gasteiger partial charge in [0.15, 0.2) is 0 Å². The molecule has 2 unspecified atom stereocenters. The Hall–Kier alpha value is -0.870. The molecule has 1 aromatic carbocycles. The van der Waals surface area contributed by atoms with E-state index in [1.165, 1.54) is 0 Å². The zero-order valence-electron chi connectivity index (χ0n) is 9.39. The van der Waals surface area contributed by atoms with Crippen LogP contribution in [0.25, 0.3) is 0 Å². The first kappa shape index (κ1) is 11.6. The smallest absolute Gasteiger partial charge is 0.208 e. The molecule has 16 heavy (non-hydrogen) atoms. The number of sulfonamides is 1. The van der Waals surface area contributed by atoms with Crippen LogP contribution in [0.1, 0.15) is 26.2 Å². The van der Waals surface area contributed by atoms with Crippen LogP contribution in [0, 0.1) is 5.92 Å². The maximum absolute atomic E-state index is 12.0. The first-order valence-corrected chi connectivity index (χ1v) is 7.15. The van der Waals surface area contributed by atoms with Gasteiger partial charge >= 0.3 is 0 Å². The predicted molar refractivity (Wildman–Crippen MR) is 63.6 cm³/mol. The van der Waals surface area contributed by atoms with Gasteiger partial charge in [-0.3, -0.25) is 0 Å². The van der Waals surface area contributed by atoms with Gasteiger partial charge in [-0.25, -0.2) is 13.1 Å². The molecule has 1 aliphatic rings. The molecule has 0 heterocycles. The van der Waals surface area contributed by atoms with Crippen molar-refractivity contribution < 1.29 is 8.42 Å². The van der Waals surface area contributed by atoms with Crippen LogP contribution >= 0.6 is 0 Å². The zero-order chi connectivity index (χ0) is 11.6. The molecule has 2 rings (SSSR count). The quantitative estimate of drug-likeness (QED) is 0.878. The maximum Gasteiger partial charge on any atom is 0.240 e. The monoisotopic (exact) mass is 239 g/mol. The minimum atomic E-state index is -3.33. The molecule has 1 aromatic rings. The second-order valence-electron chi connectivity index (χ2n) is 4.45. The summed E-state index contributed by atoms with van der Waals surface area (Å²) in [7, 11) is -3.33. The van der Waals surface area contributed by atoms with Crippen LogP contribution in [0.15, 0.2) is 35.2 Å². The van der Waals surface area contributed by atoms with Crippen molar-refractivity contribution in [2.75, 3.05) is 0 Å². The van der Waals surface area contributed by atoms with Crippen molar-refractivity contribution in [2.24, 2.45) is 5.92 Å². The minimum Gasteiger partial charge on any atom is -0.208 e. The van der Waals surface area contributed by atoms with Crippen molar-refractivity contribution in [3.8, 4) is 0 Å². The Morgan fingerprint density at radius 2 is 1.88 bits per heavy atom. The molecule has 1 fully saturated rings. The van der Waals surface area contributed by atoms with Crippen molar-refractivity contribution in [1.82, 2.24) is 4.72 Å². The molecule has 0 spiro atoms. The predicted octanol–water partition coefficient (Wildman–Crippen LogP) is 2.15. The molecule has 0 radical (unpaired) electrons. The van der Waals surface area contributed by atoms with Crippen molar-refractivity contribution in [3.63, 3.8) is 0 Å². The van der Waals surface area contributed by atoms with E-state index < -0.39 is 10.0 Å². The van der Waals surface area contributed by atoms with Crippen LogP contribution in [0.2, 0.25) is 0 Å². The zero-order valence-corrected chi connectivity index (χ0v) is 10.2. The van der Waals surface area contributed by atoms with Crippen molar-refractivity contribution in [2.45, 2.75) is 37.1 Å². The lowest BCUT2D eigenvalue weighted by atomic mass is 10.1. The fraction of sp³-hybridized carbons (Fsp3) is 0.500. The summed E-state index contributed by atoms with van der Waals surface area (Å²) in [5, 5.41) is 0. The number of hydrogen-bond donors (Lipinski definition) is 1. The fourth-order valence-electron chi connectivity index (χ4n) is 2.19. The van der Waals surface area contributed by atoms with Gasteiger partial charge < -0.3 is 0 Å². The van der Waals surface area contributed by atoms with E-state index in [0.29, 0.717) is 10.8 Å². The summed E-state index contributed by atoms with van der Waals surface area (Å²) in [5.41, 5.74) is 0.